The van der Waals surface area contributed by atoms with Crippen LogP contribution >= 0.6 is 0 Å². The number of fused-ring (bicyclic) bond motifs is 1. The van der Waals surface area contributed by atoms with E-state index in [1.54, 1.807) is 29.2 Å². The van der Waals surface area contributed by atoms with Gasteiger partial charge in [-0.1, -0.05) is 25.5 Å². The number of aromatic amines is 1. The van der Waals surface area contributed by atoms with Gasteiger partial charge in [0.25, 0.3) is 11.5 Å². The molecule has 148 valence electrons. The first-order chi connectivity index (χ1) is 13.6. The van der Waals surface area contributed by atoms with Crippen molar-refractivity contribution in [1.82, 2.24) is 20.2 Å². The number of carbonyl (C=O) groups is 2. The van der Waals surface area contributed by atoms with Crippen molar-refractivity contribution >= 4 is 22.7 Å². The van der Waals surface area contributed by atoms with E-state index in [0.717, 1.165) is 32.1 Å². The predicted octanol–water partition coefficient (Wildman–Crippen LogP) is 2.08. The van der Waals surface area contributed by atoms with Crippen molar-refractivity contribution in [2.75, 3.05) is 13.1 Å². The molecule has 0 unspecified atom stereocenters. The Hall–Kier alpha value is -2.70. The topological polar surface area (TPSA) is 95.2 Å². The number of carbonyl (C=O) groups excluding carboxylic acids is 2. The van der Waals surface area contributed by atoms with Gasteiger partial charge in [-0.25, -0.2) is 4.98 Å². The molecule has 4 rings (SSSR count). The average Bonchev–Trinajstić information content (AvgIpc) is 2.66. The molecule has 1 saturated heterocycles. The molecule has 2 N–H and O–H groups in total. The number of hydrogen-bond acceptors (Lipinski definition) is 4. The maximum Gasteiger partial charge on any atom is 0.289 e. The number of aromatic nitrogens is 2. The Morgan fingerprint density at radius 1 is 1.25 bits per heavy atom. The summed E-state index contributed by atoms with van der Waals surface area (Å²) in [6.07, 6.45) is 4.71. The van der Waals surface area contributed by atoms with Gasteiger partial charge in [0, 0.05) is 25.0 Å². The SMILES string of the molecule is CC[C@@H]1CN(C(=O)c2nc3ccccc3c(=O)[nH]2)CC[C@@H]1NC(=O)C1CCC1. The van der Waals surface area contributed by atoms with E-state index in [0.29, 0.717) is 24.0 Å². The van der Waals surface area contributed by atoms with Gasteiger partial charge < -0.3 is 15.2 Å². The smallest absolute Gasteiger partial charge is 0.289 e. The molecule has 1 aliphatic carbocycles. The van der Waals surface area contributed by atoms with E-state index in [4.69, 9.17) is 0 Å². The minimum atomic E-state index is -0.302. The van der Waals surface area contributed by atoms with Crippen LogP contribution in [0.2, 0.25) is 0 Å². The van der Waals surface area contributed by atoms with Gasteiger partial charge in [-0.05, 0) is 43.7 Å². The highest BCUT2D eigenvalue weighted by Gasteiger charge is 2.34. The maximum atomic E-state index is 13.0. The van der Waals surface area contributed by atoms with Crippen LogP contribution in [0.4, 0.5) is 0 Å². The van der Waals surface area contributed by atoms with Crippen molar-refractivity contribution in [3.63, 3.8) is 0 Å². The predicted molar refractivity (Wildman–Crippen MR) is 106 cm³/mol. The van der Waals surface area contributed by atoms with Crippen LogP contribution in [0, 0.1) is 11.8 Å². The molecule has 0 radical (unpaired) electrons. The van der Waals surface area contributed by atoms with Gasteiger partial charge in [-0.3, -0.25) is 14.4 Å². The second-order valence-electron chi connectivity index (χ2n) is 7.88. The van der Waals surface area contributed by atoms with Crippen LogP contribution in [-0.4, -0.2) is 45.8 Å². The number of piperidine rings is 1. The molecule has 1 aliphatic heterocycles. The number of amides is 2. The second-order valence-corrected chi connectivity index (χ2v) is 7.88. The molecule has 1 aromatic carbocycles. The van der Waals surface area contributed by atoms with Crippen LogP contribution in [-0.2, 0) is 4.79 Å². The summed E-state index contributed by atoms with van der Waals surface area (Å²) in [5.41, 5.74) is 0.216. The van der Waals surface area contributed by atoms with Crippen molar-refractivity contribution in [3.05, 3.63) is 40.4 Å². The van der Waals surface area contributed by atoms with E-state index < -0.39 is 0 Å². The van der Waals surface area contributed by atoms with E-state index in [9.17, 15) is 14.4 Å². The molecule has 2 fully saturated rings. The fourth-order valence-electron chi connectivity index (χ4n) is 4.13. The van der Waals surface area contributed by atoms with Crippen LogP contribution in [0.5, 0.6) is 0 Å². The third-order valence-corrected chi connectivity index (χ3v) is 6.16. The molecule has 0 bridgehead atoms. The number of nitrogens with one attached hydrogen (secondary N) is 2. The van der Waals surface area contributed by atoms with Gasteiger partial charge in [-0.15, -0.1) is 0 Å². The monoisotopic (exact) mass is 382 g/mol. The highest BCUT2D eigenvalue weighted by molar-refractivity contribution is 5.92. The van der Waals surface area contributed by atoms with E-state index in [-0.39, 0.29) is 41.1 Å². The quantitative estimate of drug-likeness (QED) is 0.846. The first-order valence-corrected chi connectivity index (χ1v) is 10.2. The van der Waals surface area contributed by atoms with Gasteiger partial charge in [0.15, 0.2) is 5.82 Å². The third-order valence-electron chi connectivity index (χ3n) is 6.16. The summed E-state index contributed by atoms with van der Waals surface area (Å²) in [5.74, 6) is 0.355. The second kappa shape index (κ2) is 7.73. The Bertz CT molecular complexity index is 950. The standard InChI is InChI=1S/C21H26N4O3/c1-2-13-12-25(11-10-16(13)23-19(26)14-6-5-7-14)21(28)18-22-17-9-4-3-8-15(17)20(27)24-18/h3-4,8-9,13-14,16H,2,5-7,10-12H2,1H3,(H,23,26)(H,22,24,27)/t13-,16+/m1/s1. The van der Waals surface area contributed by atoms with Crippen LogP contribution in [0.3, 0.4) is 0 Å². The van der Waals surface area contributed by atoms with E-state index in [1.807, 2.05) is 0 Å². The lowest BCUT2D eigenvalue weighted by Gasteiger charge is -2.39. The zero-order valence-corrected chi connectivity index (χ0v) is 16.1. The van der Waals surface area contributed by atoms with E-state index >= 15 is 0 Å². The summed E-state index contributed by atoms with van der Waals surface area (Å²) in [6, 6.07) is 7.10. The summed E-state index contributed by atoms with van der Waals surface area (Å²) in [5, 5.41) is 3.68. The molecule has 2 heterocycles. The zero-order chi connectivity index (χ0) is 19.7. The molecular formula is C21H26N4O3. The molecule has 1 aromatic heterocycles. The fraction of sp³-hybridized carbons (Fsp3) is 0.524. The largest absolute Gasteiger partial charge is 0.353 e. The number of likely N-dealkylation sites (tertiary alicyclic amines) is 1. The average molecular weight is 382 g/mol. The number of benzene rings is 1. The van der Waals surface area contributed by atoms with Crippen LogP contribution in [0.15, 0.2) is 29.1 Å². The van der Waals surface area contributed by atoms with Crippen molar-refractivity contribution in [3.8, 4) is 0 Å². The van der Waals surface area contributed by atoms with Gasteiger partial charge in [0.05, 0.1) is 10.9 Å². The Morgan fingerprint density at radius 2 is 2.04 bits per heavy atom. The maximum absolute atomic E-state index is 13.0. The highest BCUT2D eigenvalue weighted by Crippen LogP contribution is 2.28. The molecule has 7 heteroatoms. The fourth-order valence-corrected chi connectivity index (χ4v) is 4.13. The summed E-state index contributed by atoms with van der Waals surface area (Å²) < 4.78 is 0. The van der Waals surface area contributed by atoms with Crippen LogP contribution < -0.4 is 10.9 Å². The van der Waals surface area contributed by atoms with Crippen molar-refractivity contribution < 1.29 is 9.59 Å². The van der Waals surface area contributed by atoms with Crippen molar-refractivity contribution in [2.45, 2.75) is 45.1 Å². The van der Waals surface area contributed by atoms with Crippen molar-refractivity contribution in [1.29, 1.82) is 0 Å². The summed E-state index contributed by atoms with van der Waals surface area (Å²) in [4.78, 5) is 46.3. The molecule has 7 nitrogen and oxygen atoms in total. The van der Waals surface area contributed by atoms with Gasteiger partial charge >= 0.3 is 0 Å². The normalized spacial score (nSPS) is 22.7. The minimum absolute atomic E-state index is 0.0792. The lowest BCUT2D eigenvalue weighted by molar-refractivity contribution is -0.128. The van der Waals surface area contributed by atoms with Crippen molar-refractivity contribution in [2.24, 2.45) is 11.8 Å². The highest BCUT2D eigenvalue weighted by atomic mass is 16.2. The van der Waals surface area contributed by atoms with Gasteiger partial charge in [0.1, 0.15) is 0 Å². The Balaban J connectivity index is 1.47. The lowest BCUT2D eigenvalue weighted by atomic mass is 9.83. The Labute approximate surface area is 163 Å². The molecule has 2 atom stereocenters. The molecule has 2 amide bonds. The molecule has 2 aliphatic rings. The van der Waals surface area contributed by atoms with E-state index in [2.05, 4.69) is 22.2 Å². The Kier molecular flexibility index (Phi) is 5.15. The summed E-state index contributed by atoms with van der Waals surface area (Å²) in [6.45, 7) is 3.18. The lowest BCUT2D eigenvalue weighted by Crippen LogP contribution is -2.53. The van der Waals surface area contributed by atoms with Crippen LogP contribution in [0.25, 0.3) is 10.9 Å². The number of hydrogen-bond donors (Lipinski definition) is 2. The molecule has 2 aromatic rings. The van der Waals surface area contributed by atoms with E-state index in [1.165, 1.54) is 0 Å². The minimum Gasteiger partial charge on any atom is -0.353 e. The molecule has 0 spiro atoms. The zero-order valence-electron chi connectivity index (χ0n) is 16.1. The molecular weight excluding hydrogens is 356 g/mol. The molecule has 28 heavy (non-hydrogen) atoms. The first kappa shape index (κ1) is 18.7. The van der Waals surface area contributed by atoms with Gasteiger partial charge in [-0.2, -0.15) is 0 Å². The third kappa shape index (κ3) is 3.53. The number of para-hydroxylation sites is 1. The number of rotatable bonds is 4. The summed E-state index contributed by atoms with van der Waals surface area (Å²) >= 11 is 0. The first-order valence-electron chi connectivity index (χ1n) is 10.2. The van der Waals surface area contributed by atoms with Crippen LogP contribution in [0.1, 0.15) is 49.6 Å². The number of H-pyrrole nitrogens is 1. The Morgan fingerprint density at radius 3 is 2.75 bits per heavy atom. The number of nitrogens with zero attached hydrogens (tertiary/aromatic N) is 2. The molecule has 1 saturated carbocycles. The summed E-state index contributed by atoms with van der Waals surface area (Å²) in [7, 11) is 0. The van der Waals surface area contributed by atoms with Gasteiger partial charge in [0.2, 0.25) is 5.91 Å².